The SMILES string of the molecule is CS(=O)CCCNc1c(C(=O)O)cnc2ccccc12. The lowest BCUT2D eigenvalue weighted by molar-refractivity contribution is 0.0697. The molecule has 106 valence electrons. The number of carboxylic acids is 1. The lowest BCUT2D eigenvalue weighted by Gasteiger charge is -2.12. The quantitative estimate of drug-likeness (QED) is 0.797. The minimum Gasteiger partial charge on any atom is -0.478 e. The molecule has 0 aliphatic carbocycles. The minimum absolute atomic E-state index is 0.154. The molecule has 0 saturated heterocycles. The molecule has 2 N–H and O–H groups in total. The largest absolute Gasteiger partial charge is 0.478 e. The van der Waals surface area contributed by atoms with Crippen LogP contribution in [0.2, 0.25) is 0 Å². The van der Waals surface area contributed by atoms with Crippen molar-refractivity contribution in [3.63, 3.8) is 0 Å². The number of pyridine rings is 1. The number of carbonyl (C=O) groups is 1. The molecule has 1 aromatic heterocycles. The van der Waals surface area contributed by atoms with Crippen molar-refractivity contribution in [1.29, 1.82) is 0 Å². The molecule has 0 aliphatic heterocycles. The molecule has 1 unspecified atom stereocenters. The third-order valence-electron chi connectivity index (χ3n) is 2.92. The zero-order chi connectivity index (χ0) is 14.5. The predicted molar refractivity (Wildman–Crippen MR) is 80.7 cm³/mol. The van der Waals surface area contributed by atoms with Crippen molar-refractivity contribution in [3.05, 3.63) is 36.0 Å². The first-order chi connectivity index (χ1) is 9.59. The molecular weight excluding hydrogens is 276 g/mol. The van der Waals surface area contributed by atoms with Crippen LogP contribution < -0.4 is 5.32 Å². The number of aromatic carboxylic acids is 1. The fourth-order valence-electron chi connectivity index (χ4n) is 1.98. The van der Waals surface area contributed by atoms with Gasteiger partial charge in [-0.15, -0.1) is 0 Å². The van der Waals surface area contributed by atoms with Crippen LogP contribution in [0.25, 0.3) is 10.9 Å². The molecule has 2 rings (SSSR count). The first-order valence-electron chi connectivity index (χ1n) is 6.24. The maximum absolute atomic E-state index is 11.3. The van der Waals surface area contributed by atoms with Crippen molar-refractivity contribution in [2.75, 3.05) is 23.9 Å². The van der Waals surface area contributed by atoms with E-state index in [1.165, 1.54) is 6.20 Å². The standard InChI is InChI=1S/C14H16N2O3S/c1-20(19)8-4-7-15-13-10-5-2-3-6-12(10)16-9-11(13)14(17)18/h2-3,5-6,9H,4,7-8H2,1H3,(H,15,16)(H,17,18). The minimum atomic E-state index is -1.01. The number of hydrogen-bond donors (Lipinski definition) is 2. The normalized spacial score (nSPS) is 12.2. The van der Waals surface area contributed by atoms with E-state index in [4.69, 9.17) is 0 Å². The van der Waals surface area contributed by atoms with E-state index in [2.05, 4.69) is 10.3 Å². The van der Waals surface area contributed by atoms with Gasteiger partial charge in [-0.25, -0.2) is 4.79 Å². The molecule has 2 aromatic rings. The average molecular weight is 292 g/mol. The summed E-state index contributed by atoms with van der Waals surface area (Å²) < 4.78 is 11.0. The number of anilines is 1. The van der Waals surface area contributed by atoms with E-state index in [1.807, 2.05) is 24.3 Å². The fourth-order valence-corrected chi connectivity index (χ4v) is 2.53. The van der Waals surface area contributed by atoms with Crippen LogP contribution in [0.15, 0.2) is 30.5 Å². The van der Waals surface area contributed by atoms with E-state index in [0.717, 1.165) is 17.3 Å². The van der Waals surface area contributed by atoms with E-state index in [-0.39, 0.29) is 5.56 Å². The highest BCUT2D eigenvalue weighted by molar-refractivity contribution is 7.84. The van der Waals surface area contributed by atoms with Gasteiger partial charge in [0.2, 0.25) is 0 Å². The Morgan fingerprint density at radius 2 is 2.15 bits per heavy atom. The summed E-state index contributed by atoms with van der Waals surface area (Å²) in [7, 11) is -0.833. The lowest BCUT2D eigenvalue weighted by atomic mass is 10.1. The molecule has 0 amide bonds. The number of nitrogens with one attached hydrogen (secondary N) is 1. The van der Waals surface area contributed by atoms with Crippen LogP contribution in [0.3, 0.4) is 0 Å². The highest BCUT2D eigenvalue weighted by Gasteiger charge is 2.13. The third kappa shape index (κ3) is 3.33. The molecule has 1 atom stereocenters. The molecule has 1 aromatic carbocycles. The second-order valence-electron chi connectivity index (χ2n) is 4.43. The van der Waals surface area contributed by atoms with Crippen molar-refractivity contribution >= 4 is 33.4 Å². The average Bonchev–Trinajstić information content (AvgIpc) is 2.42. The molecule has 0 bridgehead atoms. The zero-order valence-electron chi connectivity index (χ0n) is 11.1. The molecule has 0 fully saturated rings. The van der Waals surface area contributed by atoms with Crippen LogP contribution >= 0.6 is 0 Å². The van der Waals surface area contributed by atoms with Crippen molar-refractivity contribution in [2.45, 2.75) is 6.42 Å². The van der Waals surface area contributed by atoms with Crippen LogP contribution in [-0.2, 0) is 10.8 Å². The monoisotopic (exact) mass is 292 g/mol. The van der Waals surface area contributed by atoms with Crippen LogP contribution in [0, 0.1) is 0 Å². The Kier molecular flexibility index (Phi) is 4.68. The summed E-state index contributed by atoms with van der Waals surface area (Å²) in [6.45, 7) is 0.577. The summed E-state index contributed by atoms with van der Waals surface area (Å²) in [5.41, 5.74) is 1.48. The van der Waals surface area contributed by atoms with Gasteiger partial charge in [0, 0.05) is 40.9 Å². The van der Waals surface area contributed by atoms with E-state index < -0.39 is 16.8 Å². The zero-order valence-corrected chi connectivity index (χ0v) is 11.9. The molecule has 5 nitrogen and oxygen atoms in total. The van der Waals surface area contributed by atoms with Gasteiger partial charge in [-0.2, -0.15) is 0 Å². The van der Waals surface area contributed by atoms with E-state index >= 15 is 0 Å². The Morgan fingerprint density at radius 1 is 1.40 bits per heavy atom. The summed E-state index contributed by atoms with van der Waals surface area (Å²) in [5, 5.41) is 13.2. The molecule has 0 aliphatic rings. The number of benzene rings is 1. The first kappa shape index (κ1) is 14.5. The second kappa shape index (κ2) is 6.47. The van der Waals surface area contributed by atoms with Gasteiger partial charge in [0.15, 0.2) is 0 Å². The van der Waals surface area contributed by atoms with Gasteiger partial charge in [-0.1, -0.05) is 18.2 Å². The fraction of sp³-hybridized carbons (Fsp3) is 0.286. The van der Waals surface area contributed by atoms with Crippen LogP contribution in [0.1, 0.15) is 16.8 Å². The molecule has 0 radical (unpaired) electrons. The van der Waals surface area contributed by atoms with Crippen LogP contribution in [0.4, 0.5) is 5.69 Å². The second-order valence-corrected chi connectivity index (χ2v) is 5.98. The predicted octanol–water partition coefficient (Wildman–Crippen LogP) is 2.11. The number of fused-ring (bicyclic) bond motifs is 1. The number of aromatic nitrogens is 1. The van der Waals surface area contributed by atoms with Gasteiger partial charge in [0.1, 0.15) is 5.56 Å². The maximum atomic E-state index is 11.3. The number of nitrogens with zero attached hydrogens (tertiary/aromatic N) is 1. The summed E-state index contributed by atoms with van der Waals surface area (Å²) >= 11 is 0. The van der Waals surface area contributed by atoms with Gasteiger partial charge >= 0.3 is 5.97 Å². The highest BCUT2D eigenvalue weighted by Crippen LogP contribution is 2.25. The molecule has 6 heteroatoms. The van der Waals surface area contributed by atoms with Gasteiger partial charge in [-0.05, 0) is 12.5 Å². The van der Waals surface area contributed by atoms with Crippen molar-refractivity contribution in [2.24, 2.45) is 0 Å². The first-order valence-corrected chi connectivity index (χ1v) is 7.97. The van der Waals surface area contributed by atoms with Gasteiger partial charge < -0.3 is 10.4 Å². The number of rotatable bonds is 6. The third-order valence-corrected chi connectivity index (χ3v) is 3.78. The van der Waals surface area contributed by atoms with Crippen LogP contribution in [0.5, 0.6) is 0 Å². The smallest absolute Gasteiger partial charge is 0.339 e. The summed E-state index contributed by atoms with van der Waals surface area (Å²) in [6, 6.07) is 7.39. The van der Waals surface area contributed by atoms with Crippen molar-refractivity contribution < 1.29 is 14.1 Å². The number of hydrogen-bond acceptors (Lipinski definition) is 4. The Bertz CT molecular complexity index is 658. The Hall–Kier alpha value is -1.95. The van der Waals surface area contributed by atoms with E-state index in [1.54, 1.807) is 6.26 Å². The van der Waals surface area contributed by atoms with Gasteiger partial charge in [0.05, 0.1) is 11.2 Å². The lowest BCUT2D eigenvalue weighted by Crippen LogP contribution is -2.11. The number of para-hydroxylation sites is 1. The number of carboxylic acid groups (broad SMARTS) is 1. The Labute approximate surface area is 119 Å². The molecule has 0 saturated carbocycles. The maximum Gasteiger partial charge on any atom is 0.339 e. The summed E-state index contributed by atoms with van der Waals surface area (Å²) in [4.78, 5) is 15.4. The summed E-state index contributed by atoms with van der Waals surface area (Å²) in [5.74, 6) is -0.414. The van der Waals surface area contributed by atoms with Crippen LogP contribution in [-0.4, -0.2) is 38.8 Å². The highest BCUT2D eigenvalue weighted by atomic mass is 32.2. The van der Waals surface area contributed by atoms with E-state index in [9.17, 15) is 14.1 Å². The topological polar surface area (TPSA) is 79.3 Å². The molecule has 1 heterocycles. The molecule has 20 heavy (non-hydrogen) atoms. The van der Waals surface area contributed by atoms with E-state index in [0.29, 0.717) is 18.0 Å². The molecular formula is C14H16N2O3S. The van der Waals surface area contributed by atoms with Gasteiger partial charge in [0.25, 0.3) is 0 Å². The van der Waals surface area contributed by atoms with Gasteiger partial charge in [-0.3, -0.25) is 9.19 Å². The Balaban J connectivity index is 2.30. The van der Waals surface area contributed by atoms with Crippen molar-refractivity contribution in [1.82, 2.24) is 4.98 Å². The molecule has 0 spiro atoms. The summed E-state index contributed by atoms with van der Waals surface area (Å²) in [6.07, 6.45) is 3.74. The van der Waals surface area contributed by atoms with Crippen molar-refractivity contribution in [3.8, 4) is 0 Å². The Morgan fingerprint density at radius 3 is 2.85 bits per heavy atom.